The fourth-order valence-electron chi connectivity index (χ4n) is 3.02. The summed E-state index contributed by atoms with van der Waals surface area (Å²) in [5.41, 5.74) is -0.0954. The lowest BCUT2D eigenvalue weighted by molar-refractivity contribution is 0.0832. The monoisotopic (exact) mass is 255 g/mol. The molecule has 2 fully saturated rings. The van der Waals surface area contributed by atoms with Crippen LogP contribution in [0.4, 0.5) is 4.79 Å². The van der Waals surface area contributed by atoms with Crippen LogP contribution in [0.15, 0.2) is 0 Å². The van der Waals surface area contributed by atoms with Crippen molar-refractivity contribution in [1.82, 2.24) is 15.1 Å². The summed E-state index contributed by atoms with van der Waals surface area (Å²) in [5, 5.41) is 3.37. The van der Waals surface area contributed by atoms with Gasteiger partial charge in [0.15, 0.2) is 0 Å². The molecule has 0 aromatic rings. The highest BCUT2D eigenvalue weighted by Crippen LogP contribution is 2.32. The van der Waals surface area contributed by atoms with Gasteiger partial charge >= 0.3 is 6.09 Å². The van der Waals surface area contributed by atoms with Crippen LogP contribution in [0.2, 0.25) is 0 Å². The third-order valence-corrected chi connectivity index (χ3v) is 4.02. The zero-order chi connectivity index (χ0) is 13.2. The van der Waals surface area contributed by atoms with Crippen LogP contribution in [0.5, 0.6) is 0 Å². The molecule has 2 aliphatic rings. The Morgan fingerprint density at radius 3 is 2.67 bits per heavy atom. The average molecular weight is 255 g/mol. The van der Waals surface area contributed by atoms with Crippen molar-refractivity contribution >= 4 is 6.09 Å². The van der Waals surface area contributed by atoms with Crippen molar-refractivity contribution in [3.8, 4) is 0 Å². The van der Waals surface area contributed by atoms with Crippen molar-refractivity contribution in [2.75, 3.05) is 39.3 Å². The van der Waals surface area contributed by atoms with Gasteiger partial charge in [-0.25, -0.2) is 4.79 Å². The molecule has 5 nitrogen and oxygen atoms in total. The molecule has 18 heavy (non-hydrogen) atoms. The Morgan fingerprint density at radius 1 is 1.39 bits per heavy atom. The first kappa shape index (κ1) is 13.6. The number of carbonyl (C=O) groups excluding carboxylic acids is 1. The molecule has 0 aromatic heterocycles. The molecule has 0 radical (unpaired) electrons. The van der Waals surface area contributed by atoms with Crippen LogP contribution in [0.25, 0.3) is 0 Å². The van der Waals surface area contributed by atoms with Gasteiger partial charge in [-0.3, -0.25) is 4.90 Å². The predicted molar refractivity (Wildman–Crippen MR) is 70.7 cm³/mol. The molecule has 0 spiro atoms. The lowest BCUT2D eigenvalue weighted by Gasteiger charge is -2.32. The molecule has 0 bridgehead atoms. The number of nitrogens with zero attached hydrogens (tertiary/aromatic N) is 2. The number of piperazine rings is 1. The van der Waals surface area contributed by atoms with Gasteiger partial charge in [0, 0.05) is 44.3 Å². The van der Waals surface area contributed by atoms with E-state index in [9.17, 15) is 4.79 Å². The Morgan fingerprint density at radius 2 is 2.06 bits per heavy atom. The summed E-state index contributed by atoms with van der Waals surface area (Å²) in [4.78, 5) is 16.4. The van der Waals surface area contributed by atoms with Crippen LogP contribution >= 0.6 is 0 Å². The summed E-state index contributed by atoms with van der Waals surface area (Å²) in [6.45, 7) is 11.6. The number of hydrogen-bond donors (Lipinski definition) is 1. The molecule has 1 unspecified atom stereocenters. The van der Waals surface area contributed by atoms with E-state index in [4.69, 9.17) is 4.74 Å². The van der Waals surface area contributed by atoms with Gasteiger partial charge in [0.1, 0.15) is 0 Å². The fraction of sp³-hybridized carbons (Fsp3) is 0.923. The van der Waals surface area contributed by atoms with Crippen molar-refractivity contribution in [2.24, 2.45) is 0 Å². The van der Waals surface area contributed by atoms with E-state index in [1.807, 2.05) is 11.8 Å². The van der Waals surface area contributed by atoms with E-state index < -0.39 is 0 Å². The van der Waals surface area contributed by atoms with Crippen LogP contribution in [0.1, 0.15) is 27.2 Å². The maximum Gasteiger partial charge on any atom is 0.410 e. The number of rotatable bonds is 2. The van der Waals surface area contributed by atoms with E-state index in [0.29, 0.717) is 12.6 Å². The Balaban J connectivity index is 1.99. The highest BCUT2D eigenvalue weighted by Gasteiger charge is 2.44. The SMILES string of the molecule is CCOC(=O)N1CC(N2CCNCC2)CC1(C)C. The largest absolute Gasteiger partial charge is 0.450 e. The molecule has 0 saturated carbocycles. The molecule has 2 aliphatic heterocycles. The maximum absolute atomic E-state index is 12.0. The lowest BCUT2D eigenvalue weighted by atomic mass is 9.99. The van der Waals surface area contributed by atoms with Crippen molar-refractivity contribution in [1.29, 1.82) is 0 Å². The first-order chi connectivity index (χ1) is 8.54. The second kappa shape index (κ2) is 5.45. The van der Waals surface area contributed by atoms with Crippen LogP contribution in [0.3, 0.4) is 0 Å². The highest BCUT2D eigenvalue weighted by atomic mass is 16.6. The number of hydrogen-bond acceptors (Lipinski definition) is 4. The number of nitrogens with one attached hydrogen (secondary N) is 1. The van der Waals surface area contributed by atoms with Crippen molar-refractivity contribution in [2.45, 2.75) is 38.8 Å². The molecule has 5 heteroatoms. The number of carbonyl (C=O) groups is 1. The average Bonchev–Trinajstić information content (AvgIpc) is 2.67. The summed E-state index contributed by atoms with van der Waals surface area (Å²) < 4.78 is 5.15. The molecule has 2 saturated heterocycles. The van der Waals surface area contributed by atoms with E-state index in [-0.39, 0.29) is 11.6 Å². The van der Waals surface area contributed by atoms with Crippen molar-refractivity contribution in [3.05, 3.63) is 0 Å². The molecule has 1 N–H and O–H groups in total. The summed E-state index contributed by atoms with van der Waals surface area (Å²) in [7, 11) is 0. The van der Waals surface area contributed by atoms with E-state index >= 15 is 0 Å². The Labute approximate surface area is 109 Å². The van der Waals surface area contributed by atoms with Gasteiger partial charge in [0.2, 0.25) is 0 Å². The minimum atomic E-state index is -0.167. The first-order valence-corrected chi connectivity index (χ1v) is 6.94. The third-order valence-electron chi connectivity index (χ3n) is 4.02. The van der Waals surface area contributed by atoms with Gasteiger partial charge in [-0.1, -0.05) is 0 Å². The van der Waals surface area contributed by atoms with E-state index in [1.54, 1.807) is 0 Å². The zero-order valence-corrected chi connectivity index (χ0v) is 11.7. The topological polar surface area (TPSA) is 44.8 Å². The molecule has 104 valence electrons. The van der Waals surface area contributed by atoms with Crippen molar-refractivity contribution < 1.29 is 9.53 Å². The molecule has 2 heterocycles. The quantitative estimate of drug-likeness (QED) is 0.796. The summed E-state index contributed by atoms with van der Waals surface area (Å²) >= 11 is 0. The van der Waals surface area contributed by atoms with Gasteiger partial charge in [0.05, 0.1) is 6.61 Å². The normalized spacial score (nSPS) is 28.4. The van der Waals surface area contributed by atoms with Crippen molar-refractivity contribution in [3.63, 3.8) is 0 Å². The molecule has 2 rings (SSSR count). The Hall–Kier alpha value is -0.810. The molecule has 1 amide bonds. The van der Waals surface area contributed by atoms with Gasteiger partial charge < -0.3 is 15.0 Å². The second-order valence-corrected chi connectivity index (χ2v) is 5.77. The third kappa shape index (κ3) is 2.78. The van der Waals surface area contributed by atoms with E-state index in [2.05, 4.69) is 24.1 Å². The molecule has 1 atom stereocenters. The molecule has 0 aromatic carbocycles. The first-order valence-electron chi connectivity index (χ1n) is 6.94. The zero-order valence-electron chi connectivity index (χ0n) is 11.7. The van der Waals surface area contributed by atoms with Gasteiger partial charge in [-0.05, 0) is 27.2 Å². The lowest BCUT2D eigenvalue weighted by Crippen LogP contribution is -2.49. The predicted octanol–water partition coefficient (Wildman–Crippen LogP) is 0.901. The Bertz CT molecular complexity index is 301. The standard InChI is InChI=1S/C13H25N3O2/c1-4-18-12(17)16-10-11(9-13(16,2)3)15-7-5-14-6-8-15/h11,14H,4-10H2,1-3H3. The van der Waals surface area contributed by atoms with E-state index in [1.165, 1.54) is 0 Å². The van der Waals surface area contributed by atoms with Crippen LogP contribution < -0.4 is 5.32 Å². The molecular weight excluding hydrogens is 230 g/mol. The highest BCUT2D eigenvalue weighted by molar-refractivity contribution is 5.69. The number of amides is 1. The maximum atomic E-state index is 12.0. The summed E-state index contributed by atoms with van der Waals surface area (Å²) in [5.74, 6) is 0. The van der Waals surface area contributed by atoms with Gasteiger partial charge in [-0.2, -0.15) is 0 Å². The Kier molecular flexibility index (Phi) is 4.12. The minimum absolute atomic E-state index is 0.0954. The van der Waals surface area contributed by atoms with Gasteiger partial charge in [-0.15, -0.1) is 0 Å². The van der Waals surface area contributed by atoms with Gasteiger partial charge in [0.25, 0.3) is 0 Å². The van der Waals surface area contributed by atoms with Crippen LogP contribution in [-0.4, -0.2) is 66.8 Å². The molecular formula is C13H25N3O2. The van der Waals surface area contributed by atoms with Crippen LogP contribution in [0, 0.1) is 0 Å². The number of ether oxygens (including phenoxy) is 1. The summed E-state index contributed by atoms with van der Waals surface area (Å²) in [6.07, 6.45) is 0.867. The number of likely N-dealkylation sites (tertiary alicyclic amines) is 1. The molecule has 0 aliphatic carbocycles. The minimum Gasteiger partial charge on any atom is -0.450 e. The fourth-order valence-corrected chi connectivity index (χ4v) is 3.02. The van der Waals surface area contributed by atoms with Crippen LogP contribution in [-0.2, 0) is 4.74 Å². The second-order valence-electron chi connectivity index (χ2n) is 5.77. The van der Waals surface area contributed by atoms with E-state index in [0.717, 1.165) is 39.1 Å². The summed E-state index contributed by atoms with van der Waals surface area (Å²) in [6, 6.07) is 0.478. The smallest absolute Gasteiger partial charge is 0.410 e.